The number of halogens is 2. The van der Waals surface area contributed by atoms with Crippen molar-refractivity contribution in [3.63, 3.8) is 0 Å². The van der Waals surface area contributed by atoms with Crippen LogP contribution >= 0.6 is 0 Å². The Balaban J connectivity index is 1.70. The van der Waals surface area contributed by atoms with Crippen molar-refractivity contribution in [1.29, 1.82) is 0 Å². The Morgan fingerprint density at radius 1 is 1.24 bits per heavy atom. The second-order valence-electron chi connectivity index (χ2n) is 7.46. The molecule has 8 heteroatoms. The first kappa shape index (κ1) is 16.6. The summed E-state index contributed by atoms with van der Waals surface area (Å²) in [6, 6.07) is 2.27. The molecule has 4 heterocycles. The molecule has 2 aromatic heterocycles. The van der Waals surface area contributed by atoms with Gasteiger partial charge in [-0.05, 0) is 46.0 Å². The fourth-order valence-corrected chi connectivity index (χ4v) is 4.14. The average molecular weight is 351 g/mol. The van der Waals surface area contributed by atoms with Gasteiger partial charge in [0, 0.05) is 24.6 Å². The minimum atomic E-state index is -2.71. The Kier molecular flexibility index (Phi) is 3.90. The first-order chi connectivity index (χ1) is 11.8. The van der Waals surface area contributed by atoms with Gasteiger partial charge in [-0.1, -0.05) is 0 Å². The predicted molar refractivity (Wildman–Crippen MR) is 89.0 cm³/mol. The van der Waals surface area contributed by atoms with Crippen LogP contribution in [0.25, 0.3) is 5.65 Å². The largest absolute Gasteiger partial charge is 0.393 e. The molecule has 1 N–H and O–H groups in total. The Morgan fingerprint density at radius 3 is 2.56 bits per heavy atom. The fraction of sp³-hybridized carbons (Fsp3) is 0.706. The van der Waals surface area contributed by atoms with Gasteiger partial charge in [0.05, 0.1) is 11.8 Å². The molecule has 2 fully saturated rings. The predicted octanol–water partition coefficient (Wildman–Crippen LogP) is 2.51. The van der Waals surface area contributed by atoms with Crippen LogP contribution in [0.15, 0.2) is 6.07 Å². The lowest BCUT2D eigenvalue weighted by Crippen LogP contribution is -2.46. The molecule has 0 aliphatic carbocycles. The molecule has 0 spiro atoms. The van der Waals surface area contributed by atoms with Gasteiger partial charge in [0.15, 0.2) is 5.65 Å². The summed E-state index contributed by atoms with van der Waals surface area (Å²) in [4.78, 5) is 11.3. The van der Waals surface area contributed by atoms with E-state index in [1.54, 1.807) is 10.6 Å². The lowest BCUT2D eigenvalue weighted by molar-refractivity contribution is 0.0130. The van der Waals surface area contributed by atoms with E-state index in [9.17, 15) is 13.9 Å². The van der Waals surface area contributed by atoms with Crippen LogP contribution in [0.4, 0.5) is 14.7 Å². The average Bonchev–Trinajstić information content (AvgIpc) is 3.03. The maximum absolute atomic E-state index is 13.2. The third-order valence-corrected chi connectivity index (χ3v) is 5.23. The van der Waals surface area contributed by atoms with Crippen LogP contribution in [0.1, 0.15) is 50.5 Å². The van der Waals surface area contributed by atoms with Crippen molar-refractivity contribution in [2.75, 3.05) is 4.90 Å². The minimum Gasteiger partial charge on any atom is -0.393 e. The number of alkyl halides is 2. The molecular formula is C17H23F2N5O. The summed E-state index contributed by atoms with van der Waals surface area (Å²) in [7, 11) is 0. The highest BCUT2D eigenvalue weighted by Gasteiger charge is 2.42. The number of aliphatic hydroxyl groups is 1. The number of anilines is 1. The molecule has 0 radical (unpaired) electrons. The van der Waals surface area contributed by atoms with E-state index in [0.717, 1.165) is 38.6 Å². The number of aromatic nitrogens is 4. The molecular weight excluding hydrogens is 328 g/mol. The summed E-state index contributed by atoms with van der Waals surface area (Å²) in [5.74, 6) is -1.35. The van der Waals surface area contributed by atoms with Gasteiger partial charge in [0.1, 0.15) is 5.82 Å². The van der Waals surface area contributed by atoms with E-state index in [2.05, 4.69) is 20.0 Å². The smallest absolute Gasteiger partial charge is 0.245 e. The zero-order valence-electron chi connectivity index (χ0n) is 14.5. The van der Waals surface area contributed by atoms with Crippen molar-refractivity contribution in [3.8, 4) is 0 Å². The topological polar surface area (TPSA) is 66.5 Å². The van der Waals surface area contributed by atoms with Gasteiger partial charge in [-0.25, -0.2) is 13.8 Å². The molecule has 2 unspecified atom stereocenters. The van der Waals surface area contributed by atoms with Crippen molar-refractivity contribution < 1.29 is 13.9 Å². The van der Waals surface area contributed by atoms with Crippen molar-refractivity contribution in [3.05, 3.63) is 17.6 Å². The molecule has 2 atom stereocenters. The number of piperidine rings is 1. The summed E-state index contributed by atoms with van der Waals surface area (Å²) < 4.78 is 28.0. The first-order valence-electron chi connectivity index (χ1n) is 8.88. The molecule has 2 aromatic rings. The highest BCUT2D eigenvalue weighted by Crippen LogP contribution is 2.38. The standard InChI is InChI=1S/C17H23F2N5O/c1-10-20-15-7-11(5-6-17(2,18)19)22-24(15)16(21-10)23-12-3-4-13(23)9-14(25)8-12/h7,12-14,25H,3-6,8-9H2,1-2H3. The van der Waals surface area contributed by atoms with E-state index in [1.807, 2.05) is 6.92 Å². The fourth-order valence-electron chi connectivity index (χ4n) is 4.14. The maximum atomic E-state index is 13.2. The summed E-state index contributed by atoms with van der Waals surface area (Å²) in [5, 5.41) is 14.5. The first-order valence-corrected chi connectivity index (χ1v) is 8.88. The van der Waals surface area contributed by atoms with E-state index < -0.39 is 5.92 Å². The molecule has 2 bridgehead atoms. The third-order valence-electron chi connectivity index (χ3n) is 5.23. The molecule has 2 aliphatic heterocycles. The van der Waals surface area contributed by atoms with Crippen molar-refractivity contribution in [2.24, 2.45) is 0 Å². The van der Waals surface area contributed by atoms with Crippen molar-refractivity contribution in [2.45, 2.75) is 76.5 Å². The zero-order chi connectivity index (χ0) is 17.8. The van der Waals surface area contributed by atoms with Gasteiger partial charge in [0.25, 0.3) is 0 Å². The lowest BCUT2D eigenvalue weighted by atomic mass is 10.0. The molecule has 2 saturated heterocycles. The molecule has 2 aliphatic rings. The van der Waals surface area contributed by atoms with Crippen molar-refractivity contribution in [1.82, 2.24) is 19.6 Å². The number of aliphatic hydroxyl groups excluding tert-OH is 1. The van der Waals surface area contributed by atoms with Crippen LogP contribution in [0.5, 0.6) is 0 Å². The summed E-state index contributed by atoms with van der Waals surface area (Å²) in [6.45, 7) is 2.76. The third kappa shape index (κ3) is 3.19. The Morgan fingerprint density at radius 2 is 1.92 bits per heavy atom. The highest BCUT2D eigenvalue weighted by molar-refractivity contribution is 5.49. The molecule has 0 aromatic carbocycles. The number of nitrogens with zero attached hydrogens (tertiary/aromatic N) is 5. The minimum absolute atomic E-state index is 0.205. The van der Waals surface area contributed by atoms with Gasteiger partial charge in [-0.3, -0.25) is 0 Å². The SMILES string of the molecule is Cc1nc(N2C3CCC2CC(O)C3)n2nc(CCC(C)(F)F)cc2n1. The summed E-state index contributed by atoms with van der Waals surface area (Å²) in [6.07, 6.45) is 3.24. The van der Waals surface area contributed by atoms with E-state index >= 15 is 0 Å². The van der Waals surface area contributed by atoms with Gasteiger partial charge in [-0.2, -0.15) is 14.6 Å². The summed E-state index contributed by atoms with van der Waals surface area (Å²) in [5.41, 5.74) is 1.24. The normalized spacial score (nSPS) is 26.6. The second kappa shape index (κ2) is 5.86. The quantitative estimate of drug-likeness (QED) is 0.917. The molecule has 25 heavy (non-hydrogen) atoms. The van der Waals surface area contributed by atoms with Crippen LogP contribution in [0.2, 0.25) is 0 Å². The van der Waals surface area contributed by atoms with Crippen molar-refractivity contribution >= 4 is 11.6 Å². The van der Waals surface area contributed by atoms with Gasteiger partial charge < -0.3 is 10.0 Å². The molecule has 0 amide bonds. The second-order valence-corrected chi connectivity index (χ2v) is 7.46. The van der Waals surface area contributed by atoms with Crippen LogP contribution in [-0.2, 0) is 6.42 Å². The van der Waals surface area contributed by atoms with Crippen LogP contribution in [0.3, 0.4) is 0 Å². The van der Waals surface area contributed by atoms with Crippen LogP contribution < -0.4 is 4.90 Å². The number of aryl methyl sites for hydroxylation is 2. The Bertz CT molecular complexity index is 773. The number of hydrogen-bond acceptors (Lipinski definition) is 5. The van der Waals surface area contributed by atoms with Crippen LogP contribution in [0, 0.1) is 6.92 Å². The van der Waals surface area contributed by atoms with Gasteiger partial charge in [0.2, 0.25) is 11.9 Å². The molecule has 6 nitrogen and oxygen atoms in total. The van der Waals surface area contributed by atoms with E-state index in [4.69, 9.17) is 0 Å². The molecule has 4 rings (SSSR count). The number of rotatable bonds is 4. The van der Waals surface area contributed by atoms with Gasteiger partial charge >= 0.3 is 0 Å². The zero-order valence-corrected chi connectivity index (χ0v) is 14.5. The highest BCUT2D eigenvalue weighted by atomic mass is 19.3. The number of fused-ring (bicyclic) bond motifs is 3. The Hall–Kier alpha value is -1.83. The monoisotopic (exact) mass is 351 g/mol. The molecule has 0 saturated carbocycles. The van der Waals surface area contributed by atoms with Gasteiger partial charge in [-0.15, -0.1) is 0 Å². The number of hydrogen-bond donors (Lipinski definition) is 1. The van der Waals surface area contributed by atoms with Crippen LogP contribution in [-0.4, -0.2) is 48.8 Å². The lowest BCUT2D eigenvalue weighted by Gasteiger charge is -2.37. The maximum Gasteiger partial charge on any atom is 0.245 e. The van der Waals surface area contributed by atoms with E-state index in [-0.39, 0.29) is 31.0 Å². The summed E-state index contributed by atoms with van der Waals surface area (Å²) >= 11 is 0. The van der Waals surface area contributed by atoms with E-state index in [1.165, 1.54) is 0 Å². The van der Waals surface area contributed by atoms with E-state index in [0.29, 0.717) is 17.2 Å². The molecule has 136 valence electrons. The Labute approximate surface area is 144 Å².